The molecule has 1 amide bonds. The Morgan fingerprint density at radius 3 is 2.81 bits per heavy atom. The van der Waals surface area contributed by atoms with E-state index in [1.807, 2.05) is 18.2 Å². The molecule has 4 nitrogen and oxygen atoms in total. The van der Waals surface area contributed by atoms with Crippen LogP contribution in [0, 0.1) is 0 Å². The van der Waals surface area contributed by atoms with Crippen molar-refractivity contribution in [2.45, 2.75) is 45.2 Å². The average molecular weight is 287 g/mol. The number of benzene rings is 1. The maximum Gasteiger partial charge on any atom is 0.251 e. The lowest BCUT2D eigenvalue weighted by molar-refractivity contribution is 0.0900. The lowest BCUT2D eigenvalue weighted by atomic mass is 10.0. The molecule has 2 aliphatic rings. The van der Waals surface area contributed by atoms with Crippen LogP contribution in [0.25, 0.3) is 0 Å². The van der Waals surface area contributed by atoms with Crippen molar-refractivity contribution < 1.29 is 4.79 Å². The van der Waals surface area contributed by atoms with Gasteiger partial charge in [0.05, 0.1) is 0 Å². The second-order valence-corrected chi connectivity index (χ2v) is 6.43. The number of carbonyl (C=O) groups is 1. The summed E-state index contributed by atoms with van der Waals surface area (Å²) in [5.41, 5.74) is 3.23. The smallest absolute Gasteiger partial charge is 0.251 e. The summed E-state index contributed by atoms with van der Waals surface area (Å²) in [4.78, 5) is 14.9. The van der Waals surface area contributed by atoms with Gasteiger partial charge in [-0.15, -0.1) is 0 Å². The molecule has 1 fully saturated rings. The standard InChI is InChI=1S/C17H25N3O/c1-12(2)20-9-6-15(7-10-20)19-17(21)14-3-4-16-13(11-14)5-8-18-16/h3-4,11-12,15,18H,5-10H2,1-2H3,(H,19,21). The molecule has 1 aromatic carbocycles. The van der Waals surface area contributed by atoms with Crippen LogP contribution in [0.5, 0.6) is 0 Å². The van der Waals surface area contributed by atoms with E-state index in [-0.39, 0.29) is 5.91 Å². The van der Waals surface area contributed by atoms with Gasteiger partial charge in [0.2, 0.25) is 0 Å². The van der Waals surface area contributed by atoms with E-state index in [9.17, 15) is 4.79 Å². The largest absolute Gasteiger partial charge is 0.384 e. The van der Waals surface area contributed by atoms with Crippen LogP contribution in [0.3, 0.4) is 0 Å². The first kappa shape index (κ1) is 14.4. The zero-order chi connectivity index (χ0) is 14.8. The van der Waals surface area contributed by atoms with Gasteiger partial charge in [0.15, 0.2) is 0 Å². The Balaban J connectivity index is 1.57. The SMILES string of the molecule is CC(C)N1CCC(NC(=O)c2ccc3c(c2)CCN3)CC1. The number of hydrogen-bond donors (Lipinski definition) is 2. The molecule has 1 aromatic rings. The molecule has 0 saturated carbocycles. The van der Waals surface area contributed by atoms with Gasteiger partial charge in [-0.25, -0.2) is 0 Å². The zero-order valence-electron chi connectivity index (χ0n) is 13.0. The van der Waals surface area contributed by atoms with E-state index in [0.717, 1.165) is 44.5 Å². The number of likely N-dealkylation sites (tertiary alicyclic amines) is 1. The predicted octanol–water partition coefficient (Wildman–Crippen LogP) is 2.26. The number of piperidine rings is 1. The summed E-state index contributed by atoms with van der Waals surface area (Å²) in [6.07, 6.45) is 3.12. The molecule has 2 aliphatic heterocycles. The minimum absolute atomic E-state index is 0.0766. The van der Waals surface area contributed by atoms with Crippen LogP contribution in [-0.4, -0.2) is 42.5 Å². The number of fused-ring (bicyclic) bond motifs is 1. The summed E-state index contributed by atoms with van der Waals surface area (Å²) in [6.45, 7) is 7.61. The molecule has 0 radical (unpaired) electrons. The number of carbonyl (C=O) groups excluding carboxylic acids is 1. The van der Waals surface area contributed by atoms with Crippen molar-refractivity contribution in [3.05, 3.63) is 29.3 Å². The molecule has 2 N–H and O–H groups in total. The molecule has 1 saturated heterocycles. The first-order valence-corrected chi connectivity index (χ1v) is 8.05. The third kappa shape index (κ3) is 3.21. The van der Waals surface area contributed by atoms with Gasteiger partial charge < -0.3 is 15.5 Å². The summed E-state index contributed by atoms with van der Waals surface area (Å²) in [5.74, 6) is 0.0766. The topological polar surface area (TPSA) is 44.4 Å². The molecular formula is C17H25N3O. The number of rotatable bonds is 3. The Bertz CT molecular complexity index is 519. The maximum absolute atomic E-state index is 12.4. The highest BCUT2D eigenvalue weighted by molar-refractivity contribution is 5.95. The van der Waals surface area contributed by atoms with Crippen molar-refractivity contribution in [3.8, 4) is 0 Å². The molecule has 3 rings (SSSR count). The lowest BCUT2D eigenvalue weighted by Gasteiger charge is -2.34. The quantitative estimate of drug-likeness (QED) is 0.896. The van der Waals surface area contributed by atoms with Crippen molar-refractivity contribution in [1.82, 2.24) is 10.2 Å². The van der Waals surface area contributed by atoms with Gasteiger partial charge in [-0.05, 0) is 56.9 Å². The summed E-state index contributed by atoms with van der Waals surface area (Å²) < 4.78 is 0. The third-order valence-electron chi connectivity index (χ3n) is 4.67. The van der Waals surface area contributed by atoms with Crippen molar-refractivity contribution in [2.75, 3.05) is 25.0 Å². The molecule has 0 unspecified atom stereocenters. The molecule has 0 spiro atoms. The second kappa shape index (κ2) is 6.06. The Labute approximate surface area is 126 Å². The Morgan fingerprint density at radius 1 is 1.33 bits per heavy atom. The summed E-state index contributed by atoms with van der Waals surface area (Å²) >= 11 is 0. The van der Waals surface area contributed by atoms with Gasteiger partial charge in [-0.2, -0.15) is 0 Å². The van der Waals surface area contributed by atoms with Gasteiger partial charge in [0.25, 0.3) is 5.91 Å². The number of nitrogens with zero attached hydrogens (tertiary/aromatic N) is 1. The van der Waals surface area contributed by atoms with Gasteiger partial charge in [0, 0.05) is 43.0 Å². The highest BCUT2D eigenvalue weighted by Gasteiger charge is 2.22. The molecule has 0 atom stereocenters. The lowest BCUT2D eigenvalue weighted by Crippen LogP contribution is -2.46. The van der Waals surface area contributed by atoms with Gasteiger partial charge in [0.1, 0.15) is 0 Å². The number of amides is 1. The zero-order valence-corrected chi connectivity index (χ0v) is 13.0. The molecular weight excluding hydrogens is 262 g/mol. The van der Waals surface area contributed by atoms with Crippen molar-refractivity contribution in [1.29, 1.82) is 0 Å². The highest BCUT2D eigenvalue weighted by atomic mass is 16.1. The van der Waals surface area contributed by atoms with Gasteiger partial charge >= 0.3 is 0 Å². The molecule has 21 heavy (non-hydrogen) atoms. The second-order valence-electron chi connectivity index (χ2n) is 6.43. The number of nitrogens with one attached hydrogen (secondary N) is 2. The van der Waals surface area contributed by atoms with Crippen LogP contribution in [0.1, 0.15) is 42.6 Å². The van der Waals surface area contributed by atoms with E-state index < -0.39 is 0 Å². The van der Waals surface area contributed by atoms with Crippen molar-refractivity contribution in [3.63, 3.8) is 0 Å². The number of hydrogen-bond acceptors (Lipinski definition) is 3. The van der Waals surface area contributed by atoms with E-state index in [0.29, 0.717) is 12.1 Å². The van der Waals surface area contributed by atoms with Crippen molar-refractivity contribution in [2.24, 2.45) is 0 Å². The Kier molecular flexibility index (Phi) is 4.15. The van der Waals surface area contributed by atoms with Crippen LogP contribution in [0.4, 0.5) is 5.69 Å². The van der Waals surface area contributed by atoms with E-state index in [1.165, 1.54) is 11.3 Å². The summed E-state index contributed by atoms with van der Waals surface area (Å²) in [7, 11) is 0. The van der Waals surface area contributed by atoms with Crippen LogP contribution in [0.2, 0.25) is 0 Å². The highest BCUT2D eigenvalue weighted by Crippen LogP contribution is 2.23. The van der Waals surface area contributed by atoms with Crippen LogP contribution in [0.15, 0.2) is 18.2 Å². The van der Waals surface area contributed by atoms with E-state index in [4.69, 9.17) is 0 Å². The van der Waals surface area contributed by atoms with Gasteiger partial charge in [-0.3, -0.25) is 4.79 Å². The summed E-state index contributed by atoms with van der Waals surface area (Å²) in [6, 6.07) is 6.91. The normalized spacial score (nSPS) is 19.4. The first-order valence-electron chi connectivity index (χ1n) is 8.05. The maximum atomic E-state index is 12.4. The Morgan fingerprint density at radius 2 is 2.10 bits per heavy atom. The molecule has 0 aromatic heterocycles. The van der Waals surface area contributed by atoms with E-state index >= 15 is 0 Å². The third-order valence-corrected chi connectivity index (χ3v) is 4.67. The van der Waals surface area contributed by atoms with Crippen LogP contribution in [-0.2, 0) is 6.42 Å². The minimum Gasteiger partial charge on any atom is -0.384 e. The summed E-state index contributed by atoms with van der Waals surface area (Å²) in [5, 5.41) is 6.53. The minimum atomic E-state index is 0.0766. The van der Waals surface area contributed by atoms with Crippen LogP contribution < -0.4 is 10.6 Å². The molecule has 2 heterocycles. The first-order chi connectivity index (χ1) is 10.1. The monoisotopic (exact) mass is 287 g/mol. The van der Waals surface area contributed by atoms with E-state index in [2.05, 4.69) is 29.4 Å². The molecule has 0 aliphatic carbocycles. The molecule has 4 heteroatoms. The predicted molar refractivity (Wildman–Crippen MR) is 85.8 cm³/mol. The molecule has 0 bridgehead atoms. The number of anilines is 1. The van der Waals surface area contributed by atoms with Gasteiger partial charge in [-0.1, -0.05) is 0 Å². The fraction of sp³-hybridized carbons (Fsp3) is 0.588. The molecule has 114 valence electrons. The van der Waals surface area contributed by atoms with Crippen molar-refractivity contribution >= 4 is 11.6 Å². The van der Waals surface area contributed by atoms with E-state index in [1.54, 1.807) is 0 Å². The Hall–Kier alpha value is -1.55. The van der Waals surface area contributed by atoms with Crippen LogP contribution >= 0.6 is 0 Å². The fourth-order valence-electron chi connectivity index (χ4n) is 3.28. The fourth-order valence-corrected chi connectivity index (χ4v) is 3.28. The average Bonchev–Trinajstić information content (AvgIpc) is 2.95.